The smallest absolute Gasteiger partial charge is 0.410 e. The number of nitrogens with zero attached hydrogens (tertiary/aromatic N) is 2. The van der Waals surface area contributed by atoms with Crippen molar-refractivity contribution in [2.45, 2.75) is 64.9 Å². The Bertz CT molecular complexity index is 830. The third-order valence-corrected chi connectivity index (χ3v) is 6.37. The van der Waals surface area contributed by atoms with E-state index in [0.717, 1.165) is 37.2 Å². The quantitative estimate of drug-likeness (QED) is 0.723. The number of amides is 3. The predicted molar refractivity (Wildman–Crippen MR) is 120 cm³/mol. The summed E-state index contributed by atoms with van der Waals surface area (Å²) in [5.41, 5.74) is 1.58. The van der Waals surface area contributed by atoms with Crippen LogP contribution in [0, 0.1) is 5.41 Å². The molecule has 2 atom stereocenters. The van der Waals surface area contributed by atoms with Gasteiger partial charge in [0.2, 0.25) is 11.8 Å². The van der Waals surface area contributed by atoms with Crippen LogP contribution in [0.4, 0.5) is 10.5 Å². The van der Waals surface area contributed by atoms with Crippen molar-refractivity contribution in [2.75, 3.05) is 31.6 Å². The first-order valence-electron chi connectivity index (χ1n) is 11.1. The zero-order valence-electron chi connectivity index (χ0n) is 19.4. The Labute approximate surface area is 185 Å². The molecule has 2 unspecified atom stereocenters. The molecule has 170 valence electrons. The van der Waals surface area contributed by atoms with Gasteiger partial charge in [0.25, 0.3) is 0 Å². The van der Waals surface area contributed by atoms with E-state index in [1.165, 1.54) is 0 Å². The molecule has 0 aromatic heterocycles. The van der Waals surface area contributed by atoms with E-state index >= 15 is 0 Å². The summed E-state index contributed by atoms with van der Waals surface area (Å²) in [4.78, 5) is 40.0. The minimum absolute atomic E-state index is 0.0218. The third kappa shape index (κ3) is 5.57. The van der Waals surface area contributed by atoms with Gasteiger partial charge in [0.05, 0.1) is 5.92 Å². The molecule has 2 saturated heterocycles. The fraction of sp³-hybridized carbons (Fsp3) is 0.625. The Morgan fingerprint density at radius 3 is 2.52 bits per heavy atom. The van der Waals surface area contributed by atoms with Crippen LogP contribution in [0.15, 0.2) is 24.3 Å². The summed E-state index contributed by atoms with van der Waals surface area (Å²) in [5, 5.41) is 2.43. The van der Waals surface area contributed by atoms with E-state index in [1.54, 1.807) is 4.90 Å². The van der Waals surface area contributed by atoms with Crippen molar-refractivity contribution >= 4 is 23.6 Å². The van der Waals surface area contributed by atoms with Crippen molar-refractivity contribution in [3.63, 3.8) is 0 Å². The molecular formula is C24H35N3O4. The number of hydrogen-bond donors (Lipinski definition) is 1. The number of hydrogen-bond acceptors (Lipinski definition) is 5. The first kappa shape index (κ1) is 23.1. The molecule has 0 spiro atoms. The summed E-state index contributed by atoms with van der Waals surface area (Å²) < 4.78 is 5.52. The fourth-order valence-electron chi connectivity index (χ4n) is 4.52. The molecule has 0 aliphatic carbocycles. The maximum Gasteiger partial charge on any atom is 0.410 e. The molecule has 1 aromatic rings. The van der Waals surface area contributed by atoms with Crippen molar-refractivity contribution in [3.8, 4) is 0 Å². The van der Waals surface area contributed by atoms with Gasteiger partial charge < -0.3 is 14.5 Å². The molecule has 2 heterocycles. The van der Waals surface area contributed by atoms with Crippen LogP contribution < -0.4 is 10.2 Å². The number of ether oxygens (including phenoxy) is 1. The summed E-state index contributed by atoms with van der Waals surface area (Å²) in [6.07, 6.45) is 2.64. The number of carbonyl (C=O) groups is 3. The Kier molecular flexibility index (Phi) is 6.62. The molecule has 1 N–H and O–H groups in total. The third-order valence-electron chi connectivity index (χ3n) is 6.37. The maximum absolute atomic E-state index is 12.4. The highest BCUT2D eigenvalue weighted by Crippen LogP contribution is 2.38. The number of carbonyl (C=O) groups excluding carboxylic acids is 3. The first-order valence-corrected chi connectivity index (χ1v) is 11.1. The summed E-state index contributed by atoms with van der Waals surface area (Å²) in [6.45, 7) is 10.3. The summed E-state index contributed by atoms with van der Waals surface area (Å²) in [5.74, 6) is -0.662. The lowest BCUT2D eigenvalue weighted by molar-refractivity contribution is -0.134. The van der Waals surface area contributed by atoms with E-state index in [4.69, 9.17) is 4.74 Å². The van der Waals surface area contributed by atoms with Gasteiger partial charge in [-0.05, 0) is 57.7 Å². The zero-order chi connectivity index (χ0) is 22.8. The molecule has 3 rings (SSSR count). The maximum atomic E-state index is 12.4. The highest BCUT2D eigenvalue weighted by atomic mass is 16.6. The lowest BCUT2D eigenvalue weighted by Crippen LogP contribution is -2.42. The monoisotopic (exact) mass is 429 g/mol. The van der Waals surface area contributed by atoms with Crippen LogP contribution in [0.1, 0.15) is 64.9 Å². The standard InChI is InChI=1S/C24H35N3O4/c1-6-24(15-26(5)22(30)31-23(2,3)4)13-14-27(16-24)18-9-7-17(8-10-18)19-11-12-20(28)25-21(19)29/h7-10,19H,6,11-16H2,1-5H3,(H,25,28,29). The molecule has 2 aliphatic heterocycles. The van der Waals surface area contributed by atoms with E-state index < -0.39 is 5.60 Å². The minimum Gasteiger partial charge on any atom is -0.444 e. The second-order valence-electron chi connectivity index (χ2n) is 9.96. The Morgan fingerprint density at radius 2 is 1.94 bits per heavy atom. The fourth-order valence-corrected chi connectivity index (χ4v) is 4.52. The van der Waals surface area contributed by atoms with Gasteiger partial charge in [0.1, 0.15) is 5.60 Å². The topological polar surface area (TPSA) is 79.0 Å². The van der Waals surface area contributed by atoms with E-state index in [-0.39, 0.29) is 29.2 Å². The Hall–Kier alpha value is -2.57. The summed E-state index contributed by atoms with van der Waals surface area (Å²) >= 11 is 0. The normalized spacial score (nSPS) is 24.2. The molecule has 2 fully saturated rings. The van der Waals surface area contributed by atoms with Crippen LogP contribution in [-0.2, 0) is 14.3 Å². The molecule has 31 heavy (non-hydrogen) atoms. The average Bonchev–Trinajstić information content (AvgIpc) is 3.11. The second kappa shape index (κ2) is 8.89. The highest BCUT2D eigenvalue weighted by molar-refractivity contribution is 6.00. The number of rotatable bonds is 5. The number of nitrogens with one attached hydrogen (secondary N) is 1. The molecule has 7 nitrogen and oxygen atoms in total. The van der Waals surface area contributed by atoms with Crippen LogP contribution in [-0.4, -0.2) is 55.1 Å². The van der Waals surface area contributed by atoms with Gasteiger partial charge >= 0.3 is 6.09 Å². The van der Waals surface area contributed by atoms with Crippen LogP contribution >= 0.6 is 0 Å². The van der Waals surface area contributed by atoms with Crippen LogP contribution in [0.2, 0.25) is 0 Å². The van der Waals surface area contributed by atoms with Crippen molar-refractivity contribution in [1.29, 1.82) is 0 Å². The van der Waals surface area contributed by atoms with Crippen molar-refractivity contribution in [3.05, 3.63) is 29.8 Å². The average molecular weight is 430 g/mol. The van der Waals surface area contributed by atoms with Gasteiger partial charge in [0.15, 0.2) is 0 Å². The first-order chi connectivity index (χ1) is 14.5. The predicted octanol–water partition coefficient (Wildman–Crippen LogP) is 3.68. The van der Waals surface area contributed by atoms with Crippen LogP contribution in [0.25, 0.3) is 0 Å². The van der Waals surface area contributed by atoms with E-state index in [0.29, 0.717) is 19.4 Å². The zero-order valence-corrected chi connectivity index (χ0v) is 19.4. The van der Waals surface area contributed by atoms with Gasteiger partial charge in [-0.25, -0.2) is 4.79 Å². The molecule has 2 aliphatic rings. The largest absolute Gasteiger partial charge is 0.444 e. The van der Waals surface area contributed by atoms with E-state index in [2.05, 4.69) is 29.3 Å². The van der Waals surface area contributed by atoms with Gasteiger partial charge in [-0.15, -0.1) is 0 Å². The van der Waals surface area contributed by atoms with Gasteiger partial charge in [-0.3, -0.25) is 14.9 Å². The molecular weight excluding hydrogens is 394 g/mol. The second-order valence-corrected chi connectivity index (χ2v) is 9.96. The molecule has 0 saturated carbocycles. The van der Waals surface area contributed by atoms with Crippen molar-refractivity contribution in [2.24, 2.45) is 5.41 Å². The van der Waals surface area contributed by atoms with Gasteiger partial charge in [-0.1, -0.05) is 19.1 Å². The van der Waals surface area contributed by atoms with Crippen LogP contribution in [0.5, 0.6) is 0 Å². The number of anilines is 1. The minimum atomic E-state index is -0.503. The Balaban J connectivity index is 1.64. The molecule has 1 aromatic carbocycles. The van der Waals surface area contributed by atoms with Crippen molar-refractivity contribution < 1.29 is 19.1 Å². The summed E-state index contributed by atoms with van der Waals surface area (Å²) in [6, 6.07) is 8.10. The number of piperidine rings is 1. The lowest BCUT2D eigenvalue weighted by Gasteiger charge is -2.34. The molecule has 7 heteroatoms. The van der Waals surface area contributed by atoms with E-state index in [9.17, 15) is 14.4 Å². The van der Waals surface area contributed by atoms with Crippen LogP contribution in [0.3, 0.4) is 0 Å². The lowest BCUT2D eigenvalue weighted by atomic mass is 9.84. The Morgan fingerprint density at radius 1 is 1.26 bits per heavy atom. The molecule has 3 amide bonds. The number of imide groups is 1. The SMILES string of the molecule is CCC1(CN(C)C(=O)OC(C)(C)C)CCN(c2ccc(C3CCC(=O)NC3=O)cc2)C1. The highest BCUT2D eigenvalue weighted by Gasteiger charge is 2.39. The number of benzene rings is 1. The van der Waals surface area contributed by atoms with E-state index in [1.807, 2.05) is 40.0 Å². The van der Waals surface area contributed by atoms with Gasteiger partial charge in [-0.2, -0.15) is 0 Å². The van der Waals surface area contributed by atoms with Crippen molar-refractivity contribution in [1.82, 2.24) is 10.2 Å². The molecule has 0 radical (unpaired) electrons. The molecule has 0 bridgehead atoms. The summed E-state index contributed by atoms with van der Waals surface area (Å²) in [7, 11) is 1.81. The van der Waals surface area contributed by atoms with Gasteiger partial charge in [0, 0.05) is 44.2 Å².